The van der Waals surface area contributed by atoms with Crippen molar-refractivity contribution in [1.82, 2.24) is 4.90 Å². The van der Waals surface area contributed by atoms with E-state index in [9.17, 15) is 9.59 Å². The molecule has 0 aliphatic carbocycles. The van der Waals surface area contributed by atoms with Crippen LogP contribution >= 0.6 is 0 Å². The lowest BCUT2D eigenvalue weighted by atomic mass is 10.1. The maximum absolute atomic E-state index is 12.1. The Morgan fingerprint density at radius 1 is 1.43 bits per heavy atom. The number of rotatable bonds is 4. The molecule has 2 rings (SSSR count). The number of nitrogens with zero attached hydrogens (tertiary/aromatic N) is 1. The Morgan fingerprint density at radius 3 is 2.86 bits per heavy atom. The molecule has 21 heavy (non-hydrogen) atoms. The molecule has 0 fully saturated rings. The van der Waals surface area contributed by atoms with Crippen LogP contribution in [0.15, 0.2) is 35.9 Å². The number of amides is 2. The number of carbonyl (C=O) groups is 2. The van der Waals surface area contributed by atoms with Crippen LogP contribution < -0.4 is 5.32 Å². The molecule has 0 bridgehead atoms. The molecule has 0 radical (unpaired) electrons. The summed E-state index contributed by atoms with van der Waals surface area (Å²) in [7, 11) is 1.65. The maximum Gasteiger partial charge on any atom is 0.335 e. The molecule has 0 aromatic heterocycles. The Morgan fingerprint density at radius 2 is 2.24 bits per heavy atom. The highest BCUT2D eigenvalue weighted by Crippen LogP contribution is 2.15. The highest BCUT2D eigenvalue weighted by atomic mass is 16.5. The van der Waals surface area contributed by atoms with Gasteiger partial charge in [0.2, 0.25) is 0 Å². The Kier molecular flexibility index (Phi) is 4.94. The first-order chi connectivity index (χ1) is 10.1. The van der Waals surface area contributed by atoms with E-state index in [1.165, 1.54) is 17.7 Å². The quantitative estimate of drug-likeness (QED) is 0.833. The molecule has 6 nitrogen and oxygen atoms in total. The van der Waals surface area contributed by atoms with E-state index in [0.717, 1.165) is 6.42 Å². The van der Waals surface area contributed by atoms with E-state index in [-0.39, 0.29) is 11.6 Å². The maximum atomic E-state index is 12.1. The first-order valence-electron chi connectivity index (χ1n) is 6.66. The summed E-state index contributed by atoms with van der Waals surface area (Å²) in [5.41, 5.74) is 1.81. The van der Waals surface area contributed by atoms with Gasteiger partial charge in [-0.3, -0.25) is 0 Å². The van der Waals surface area contributed by atoms with Crippen LogP contribution in [0.5, 0.6) is 0 Å². The van der Waals surface area contributed by atoms with E-state index in [1.54, 1.807) is 24.1 Å². The van der Waals surface area contributed by atoms with Crippen molar-refractivity contribution in [2.75, 3.05) is 32.1 Å². The first kappa shape index (κ1) is 15.1. The number of benzene rings is 1. The number of carboxylic acids is 1. The van der Waals surface area contributed by atoms with Crippen LogP contribution in [-0.2, 0) is 4.74 Å². The van der Waals surface area contributed by atoms with Crippen LogP contribution in [0.3, 0.4) is 0 Å². The molecular weight excluding hydrogens is 272 g/mol. The summed E-state index contributed by atoms with van der Waals surface area (Å²) >= 11 is 0. The van der Waals surface area contributed by atoms with Gasteiger partial charge in [-0.05, 0) is 30.2 Å². The summed E-state index contributed by atoms with van der Waals surface area (Å²) < 4.78 is 5.07. The number of hydrogen-bond donors (Lipinski definition) is 2. The predicted octanol–water partition coefficient (Wildman–Crippen LogP) is 2.20. The van der Waals surface area contributed by atoms with Crippen molar-refractivity contribution < 1.29 is 19.4 Å². The van der Waals surface area contributed by atoms with Gasteiger partial charge >= 0.3 is 12.0 Å². The van der Waals surface area contributed by atoms with Crippen molar-refractivity contribution in [1.29, 1.82) is 0 Å². The fourth-order valence-electron chi connectivity index (χ4n) is 2.14. The summed E-state index contributed by atoms with van der Waals surface area (Å²) in [6.07, 6.45) is 2.77. The Hall–Kier alpha value is -2.34. The summed E-state index contributed by atoms with van der Waals surface area (Å²) in [5.74, 6) is -1.02. The van der Waals surface area contributed by atoms with Crippen LogP contribution in [0.1, 0.15) is 16.8 Å². The minimum absolute atomic E-state index is 0.147. The molecule has 0 saturated heterocycles. The van der Waals surface area contributed by atoms with Crippen molar-refractivity contribution in [2.45, 2.75) is 6.42 Å². The summed E-state index contributed by atoms with van der Waals surface area (Å²) in [4.78, 5) is 24.7. The van der Waals surface area contributed by atoms with Crippen molar-refractivity contribution in [3.8, 4) is 0 Å². The summed E-state index contributed by atoms with van der Waals surface area (Å²) in [6.45, 7) is 1.75. The number of carbonyl (C=O) groups excluding carboxylic acids is 1. The van der Waals surface area contributed by atoms with Gasteiger partial charge in [0.15, 0.2) is 0 Å². The molecule has 0 spiro atoms. The highest BCUT2D eigenvalue weighted by molar-refractivity contribution is 5.93. The minimum Gasteiger partial charge on any atom is -0.478 e. The van der Waals surface area contributed by atoms with E-state index in [2.05, 4.69) is 5.32 Å². The molecule has 0 unspecified atom stereocenters. The van der Waals surface area contributed by atoms with Gasteiger partial charge in [0.05, 0.1) is 12.2 Å². The molecule has 1 heterocycles. The lowest BCUT2D eigenvalue weighted by Crippen LogP contribution is -2.38. The van der Waals surface area contributed by atoms with E-state index in [0.29, 0.717) is 25.4 Å². The third-order valence-electron chi connectivity index (χ3n) is 3.28. The van der Waals surface area contributed by atoms with Crippen LogP contribution in [0, 0.1) is 0 Å². The van der Waals surface area contributed by atoms with Gasteiger partial charge in [-0.15, -0.1) is 0 Å². The zero-order valence-corrected chi connectivity index (χ0v) is 11.8. The molecule has 2 amide bonds. The summed E-state index contributed by atoms with van der Waals surface area (Å²) in [5, 5.41) is 11.6. The molecule has 1 aromatic carbocycles. The van der Waals surface area contributed by atoms with Crippen molar-refractivity contribution >= 4 is 17.7 Å². The normalized spacial score (nSPS) is 14.5. The molecule has 0 saturated carbocycles. The number of ether oxygens (including phenoxy) is 1. The van der Waals surface area contributed by atoms with Gasteiger partial charge in [0.25, 0.3) is 0 Å². The van der Waals surface area contributed by atoms with Crippen LogP contribution in [0.4, 0.5) is 10.5 Å². The number of nitrogens with one attached hydrogen (secondary N) is 1. The molecule has 1 aliphatic rings. The lowest BCUT2D eigenvalue weighted by Gasteiger charge is -2.26. The number of methoxy groups -OCH3 is 1. The fourth-order valence-corrected chi connectivity index (χ4v) is 2.14. The Bertz CT molecular complexity index is 569. The summed E-state index contributed by atoms with van der Waals surface area (Å²) in [6, 6.07) is 5.96. The SMILES string of the molecule is COCC1=CCN(C(=O)Nc2cccc(C(=O)O)c2)CC1. The smallest absolute Gasteiger partial charge is 0.335 e. The van der Waals surface area contributed by atoms with Gasteiger partial charge in [-0.2, -0.15) is 0 Å². The molecule has 0 atom stereocenters. The van der Waals surface area contributed by atoms with Crippen LogP contribution in [0.2, 0.25) is 0 Å². The van der Waals surface area contributed by atoms with Crippen LogP contribution in [0.25, 0.3) is 0 Å². The van der Waals surface area contributed by atoms with Gasteiger partial charge in [0.1, 0.15) is 0 Å². The van der Waals surface area contributed by atoms with Gasteiger partial charge in [-0.25, -0.2) is 9.59 Å². The lowest BCUT2D eigenvalue weighted by molar-refractivity contribution is 0.0697. The number of urea groups is 1. The zero-order chi connectivity index (χ0) is 15.2. The molecule has 6 heteroatoms. The van der Waals surface area contributed by atoms with E-state index < -0.39 is 5.97 Å². The minimum atomic E-state index is -1.02. The number of anilines is 1. The fraction of sp³-hybridized carbons (Fsp3) is 0.333. The largest absolute Gasteiger partial charge is 0.478 e. The predicted molar refractivity (Wildman–Crippen MR) is 78.6 cm³/mol. The molecule has 1 aliphatic heterocycles. The third-order valence-corrected chi connectivity index (χ3v) is 3.28. The average Bonchev–Trinajstić information content (AvgIpc) is 2.48. The van der Waals surface area contributed by atoms with E-state index in [4.69, 9.17) is 9.84 Å². The number of hydrogen-bond acceptors (Lipinski definition) is 3. The number of carboxylic acid groups (broad SMARTS) is 1. The Labute approximate surface area is 123 Å². The van der Waals surface area contributed by atoms with Gasteiger partial charge < -0.3 is 20.1 Å². The van der Waals surface area contributed by atoms with Gasteiger partial charge in [0, 0.05) is 25.9 Å². The molecule has 112 valence electrons. The van der Waals surface area contributed by atoms with Crippen LogP contribution in [-0.4, -0.2) is 48.8 Å². The standard InChI is InChI=1S/C15H18N2O4/c1-21-10-11-5-7-17(8-6-11)15(20)16-13-4-2-3-12(9-13)14(18)19/h2-5,9H,6-8,10H2,1H3,(H,16,20)(H,18,19). The average molecular weight is 290 g/mol. The first-order valence-corrected chi connectivity index (χ1v) is 6.66. The third kappa shape index (κ3) is 4.06. The highest BCUT2D eigenvalue weighted by Gasteiger charge is 2.17. The van der Waals surface area contributed by atoms with E-state index >= 15 is 0 Å². The monoisotopic (exact) mass is 290 g/mol. The van der Waals surface area contributed by atoms with Gasteiger partial charge in [-0.1, -0.05) is 12.1 Å². The Balaban J connectivity index is 1.96. The van der Waals surface area contributed by atoms with Crippen molar-refractivity contribution in [3.63, 3.8) is 0 Å². The van der Waals surface area contributed by atoms with Crippen molar-refractivity contribution in [2.24, 2.45) is 0 Å². The van der Waals surface area contributed by atoms with Crippen molar-refractivity contribution in [3.05, 3.63) is 41.5 Å². The molecule has 1 aromatic rings. The van der Waals surface area contributed by atoms with E-state index in [1.807, 2.05) is 6.08 Å². The number of aromatic carboxylic acids is 1. The molecular formula is C15H18N2O4. The second kappa shape index (κ2) is 6.90. The molecule has 2 N–H and O–H groups in total. The zero-order valence-electron chi connectivity index (χ0n) is 11.8. The topological polar surface area (TPSA) is 78.9 Å². The second-order valence-electron chi connectivity index (χ2n) is 4.81. The second-order valence-corrected chi connectivity index (χ2v) is 4.81.